The van der Waals surface area contributed by atoms with Crippen molar-refractivity contribution in [1.29, 1.82) is 0 Å². The molecule has 0 saturated heterocycles. The van der Waals surface area contributed by atoms with Crippen molar-refractivity contribution in [1.82, 2.24) is 10.2 Å². The minimum absolute atomic E-state index is 0.115. The Hall–Kier alpha value is -5.25. The Labute approximate surface area is 253 Å². The topological polar surface area (TPSA) is 107 Å². The van der Waals surface area contributed by atoms with Crippen LogP contribution in [-0.4, -0.2) is 55.7 Å². The molecular formula is C34H31FN2O7. The van der Waals surface area contributed by atoms with E-state index in [2.05, 4.69) is 5.32 Å². The summed E-state index contributed by atoms with van der Waals surface area (Å²) in [6.07, 6.45) is 0.990. The molecule has 3 aliphatic rings. The van der Waals surface area contributed by atoms with E-state index in [-0.39, 0.29) is 36.1 Å². The van der Waals surface area contributed by atoms with Crippen LogP contribution in [0.3, 0.4) is 0 Å². The number of hydrogen-bond donors (Lipinski definition) is 2. The van der Waals surface area contributed by atoms with Gasteiger partial charge in [0, 0.05) is 18.7 Å². The minimum atomic E-state index is -0.648. The van der Waals surface area contributed by atoms with E-state index in [0.29, 0.717) is 47.9 Å². The molecule has 1 unspecified atom stereocenters. The van der Waals surface area contributed by atoms with E-state index in [0.717, 1.165) is 16.7 Å². The number of aromatic hydroxyl groups is 1. The molecule has 0 spiro atoms. The van der Waals surface area contributed by atoms with Gasteiger partial charge in [0.2, 0.25) is 0 Å². The summed E-state index contributed by atoms with van der Waals surface area (Å²) < 4.78 is 37.4. The van der Waals surface area contributed by atoms with Gasteiger partial charge in [-0.15, -0.1) is 0 Å². The van der Waals surface area contributed by atoms with Crippen LogP contribution in [0.15, 0.2) is 72.8 Å². The average Bonchev–Trinajstić information content (AvgIpc) is 3.04. The van der Waals surface area contributed by atoms with E-state index in [1.807, 2.05) is 24.3 Å². The van der Waals surface area contributed by atoms with Crippen molar-refractivity contribution >= 4 is 11.8 Å². The number of nitrogens with zero attached hydrogens (tertiary/aromatic N) is 1. The van der Waals surface area contributed by atoms with Gasteiger partial charge in [0.15, 0.2) is 23.0 Å². The van der Waals surface area contributed by atoms with Crippen LogP contribution in [0.5, 0.6) is 34.5 Å². The number of nitrogens with one attached hydrogen (secondary N) is 1. The van der Waals surface area contributed by atoms with Crippen LogP contribution >= 0.6 is 0 Å². The quantitative estimate of drug-likeness (QED) is 0.314. The summed E-state index contributed by atoms with van der Waals surface area (Å²) in [5, 5.41) is 13.1. The highest BCUT2D eigenvalue weighted by atomic mass is 19.1. The fraction of sp³-hybridized carbons (Fsp3) is 0.235. The van der Waals surface area contributed by atoms with Crippen molar-refractivity contribution in [3.05, 3.63) is 106 Å². The Bertz CT molecular complexity index is 1740. The van der Waals surface area contributed by atoms with Crippen molar-refractivity contribution in [2.24, 2.45) is 0 Å². The number of carbonyl (C=O) groups is 2. The molecule has 3 aliphatic heterocycles. The first-order chi connectivity index (χ1) is 21.4. The van der Waals surface area contributed by atoms with Crippen LogP contribution in [0.1, 0.15) is 49.9 Å². The molecule has 0 fully saturated rings. The molecule has 3 heterocycles. The van der Waals surface area contributed by atoms with E-state index >= 15 is 0 Å². The number of ether oxygens (including phenoxy) is 4. The summed E-state index contributed by atoms with van der Waals surface area (Å²) in [5.41, 5.74) is 2.87. The van der Waals surface area contributed by atoms with Gasteiger partial charge in [-0.25, -0.2) is 4.39 Å². The van der Waals surface area contributed by atoms with Gasteiger partial charge >= 0.3 is 0 Å². The van der Waals surface area contributed by atoms with E-state index in [4.69, 9.17) is 18.9 Å². The molecule has 0 radical (unpaired) electrons. The van der Waals surface area contributed by atoms with Crippen molar-refractivity contribution in [2.75, 3.05) is 33.9 Å². The van der Waals surface area contributed by atoms with E-state index in [9.17, 15) is 19.1 Å². The number of hydrogen-bond acceptors (Lipinski definition) is 7. The largest absolute Gasteiger partial charge is 0.504 e. The lowest BCUT2D eigenvalue weighted by molar-refractivity contribution is 0.0693. The van der Waals surface area contributed by atoms with Crippen LogP contribution in [0.4, 0.5) is 4.39 Å². The zero-order valence-corrected chi connectivity index (χ0v) is 24.3. The first kappa shape index (κ1) is 28.9. The van der Waals surface area contributed by atoms with E-state index in [1.165, 1.54) is 31.4 Å². The molecule has 7 rings (SSSR count). The van der Waals surface area contributed by atoms with Crippen LogP contribution in [0.25, 0.3) is 0 Å². The van der Waals surface area contributed by atoms with Crippen LogP contribution in [0, 0.1) is 5.82 Å². The number of benzene rings is 4. The van der Waals surface area contributed by atoms with Gasteiger partial charge < -0.3 is 34.3 Å². The third-order valence-electron chi connectivity index (χ3n) is 7.82. The second-order valence-corrected chi connectivity index (χ2v) is 10.5. The third-order valence-corrected chi connectivity index (χ3v) is 7.82. The Morgan fingerprint density at radius 2 is 1.75 bits per heavy atom. The minimum Gasteiger partial charge on any atom is -0.504 e. The molecular weight excluding hydrogens is 567 g/mol. The van der Waals surface area contributed by atoms with Crippen LogP contribution in [0.2, 0.25) is 0 Å². The summed E-state index contributed by atoms with van der Waals surface area (Å²) in [6.45, 7) is 0.898. The summed E-state index contributed by atoms with van der Waals surface area (Å²) in [7, 11) is 3.00. The monoisotopic (exact) mass is 598 g/mol. The fourth-order valence-electron chi connectivity index (χ4n) is 5.64. The van der Waals surface area contributed by atoms with Crippen molar-refractivity contribution in [3.8, 4) is 34.5 Å². The second-order valence-electron chi connectivity index (χ2n) is 10.5. The predicted octanol–water partition coefficient (Wildman–Crippen LogP) is 5.64. The van der Waals surface area contributed by atoms with Gasteiger partial charge in [-0.3, -0.25) is 9.59 Å². The Balaban J connectivity index is 1.45. The standard InChI is InChI=1S/C34H31FN2O7/c1-41-29-10-5-22(17-28(29)38)34(40)37-14-12-20-16-23-6-8-25(20)32(37)21-4-11-30(42-2)31(18-21)43-15-3-13-36-33(39)26-19-24(44-23)7-9-27(26)35/h4-11,16-19,32,38H,3,12-15H2,1-2H3,(H,36,39). The number of phenolic OH excluding ortho intramolecular Hbond substituents is 1. The first-order valence-corrected chi connectivity index (χ1v) is 14.2. The average molecular weight is 599 g/mol. The van der Waals surface area contributed by atoms with Crippen molar-refractivity contribution in [3.63, 3.8) is 0 Å². The molecule has 4 aromatic rings. The van der Waals surface area contributed by atoms with Gasteiger partial charge in [-0.05, 0) is 90.2 Å². The molecule has 4 aromatic carbocycles. The zero-order valence-electron chi connectivity index (χ0n) is 24.3. The number of carbonyl (C=O) groups excluding carboxylic acids is 2. The summed E-state index contributed by atoms with van der Waals surface area (Å²) in [4.78, 5) is 28.5. The highest BCUT2D eigenvalue weighted by molar-refractivity contribution is 5.96. The van der Waals surface area contributed by atoms with Gasteiger partial charge in [0.25, 0.3) is 11.8 Å². The van der Waals surface area contributed by atoms with Gasteiger partial charge in [-0.2, -0.15) is 0 Å². The SMILES string of the molecule is COc1ccc(C(=O)N2CCc3cc4ccc3C2c2ccc(OC)c(c2)OCCCNC(=O)c2cc(ccc2F)O4)cc1O. The predicted molar refractivity (Wildman–Crippen MR) is 160 cm³/mol. The molecule has 8 bridgehead atoms. The molecule has 226 valence electrons. The maximum absolute atomic E-state index is 14.5. The number of methoxy groups -OCH3 is 2. The lowest BCUT2D eigenvalue weighted by Gasteiger charge is -2.38. The van der Waals surface area contributed by atoms with Gasteiger partial charge in [-0.1, -0.05) is 12.1 Å². The molecule has 0 saturated carbocycles. The zero-order chi connectivity index (χ0) is 30.8. The molecule has 0 aromatic heterocycles. The maximum Gasteiger partial charge on any atom is 0.254 e. The van der Waals surface area contributed by atoms with Crippen LogP contribution < -0.4 is 24.3 Å². The Morgan fingerprint density at radius 1 is 0.977 bits per heavy atom. The highest BCUT2D eigenvalue weighted by Crippen LogP contribution is 2.41. The highest BCUT2D eigenvalue weighted by Gasteiger charge is 2.34. The molecule has 2 amide bonds. The summed E-state index contributed by atoms with van der Waals surface area (Å²) in [6, 6.07) is 19.3. The lowest BCUT2D eigenvalue weighted by atomic mass is 9.87. The normalized spacial score (nSPS) is 16.1. The van der Waals surface area contributed by atoms with E-state index < -0.39 is 17.8 Å². The van der Waals surface area contributed by atoms with Crippen molar-refractivity contribution in [2.45, 2.75) is 18.9 Å². The summed E-state index contributed by atoms with van der Waals surface area (Å²) >= 11 is 0. The molecule has 1 atom stereocenters. The molecule has 0 aliphatic carbocycles. The number of amides is 2. The number of halogens is 1. The molecule has 2 N–H and O–H groups in total. The number of fused-ring (bicyclic) bond motifs is 6. The molecule has 44 heavy (non-hydrogen) atoms. The Kier molecular flexibility index (Phi) is 7.97. The smallest absolute Gasteiger partial charge is 0.254 e. The van der Waals surface area contributed by atoms with Crippen LogP contribution in [-0.2, 0) is 6.42 Å². The first-order valence-electron chi connectivity index (χ1n) is 14.2. The van der Waals surface area contributed by atoms with Gasteiger partial charge in [0.05, 0.1) is 32.4 Å². The molecule has 9 nitrogen and oxygen atoms in total. The van der Waals surface area contributed by atoms with Crippen molar-refractivity contribution < 1.29 is 38.0 Å². The van der Waals surface area contributed by atoms with Gasteiger partial charge in [0.1, 0.15) is 17.3 Å². The fourth-order valence-corrected chi connectivity index (χ4v) is 5.64. The third kappa shape index (κ3) is 5.58. The number of rotatable bonds is 3. The summed E-state index contributed by atoms with van der Waals surface area (Å²) in [5.74, 6) is 0.545. The number of phenols is 1. The van der Waals surface area contributed by atoms with E-state index in [1.54, 1.807) is 36.3 Å². The lowest BCUT2D eigenvalue weighted by Crippen LogP contribution is -2.40. The Morgan fingerprint density at radius 3 is 2.55 bits per heavy atom. The molecule has 10 heteroatoms. The second kappa shape index (κ2) is 12.2. The maximum atomic E-state index is 14.5.